The van der Waals surface area contributed by atoms with Crippen molar-refractivity contribution in [3.63, 3.8) is 0 Å². The van der Waals surface area contributed by atoms with Crippen LogP contribution in [0.1, 0.15) is 5.56 Å². The van der Waals surface area contributed by atoms with Crippen LogP contribution in [0.25, 0.3) is 0 Å². The van der Waals surface area contributed by atoms with Gasteiger partial charge in [0.05, 0.1) is 0 Å². The van der Waals surface area contributed by atoms with Crippen molar-refractivity contribution in [2.24, 2.45) is 0 Å². The van der Waals surface area contributed by atoms with Crippen LogP contribution >= 0.6 is 59.4 Å². The monoisotopic (exact) mass is 360 g/mol. The number of halogens is 4. The third-order valence-corrected chi connectivity index (χ3v) is 3.30. The van der Waals surface area contributed by atoms with Crippen molar-refractivity contribution in [2.45, 2.75) is 5.33 Å². The molecule has 0 unspecified atom stereocenters. The Morgan fingerprint density at radius 3 is 2.36 bits per heavy atom. The lowest BCUT2D eigenvalue weighted by molar-refractivity contribution is 1.39. The molecule has 11 heavy (non-hydrogen) atoms. The summed E-state index contributed by atoms with van der Waals surface area (Å²) in [5.74, 6) is 0. The molecule has 60 valence electrons. The number of benzene rings is 1. The topological polar surface area (TPSA) is 0 Å². The molecule has 0 saturated heterocycles. The summed E-state index contributed by atoms with van der Waals surface area (Å²) in [7, 11) is 0. The standard InChI is InChI=1S/C7H4Br3Cl/c8-3-5-6(10)1-4(9)2-7(5)11/h1-2H,3H2. The minimum absolute atomic E-state index is 0.764. The first-order valence-electron chi connectivity index (χ1n) is 2.84. The fourth-order valence-electron chi connectivity index (χ4n) is 0.700. The van der Waals surface area contributed by atoms with E-state index in [1.807, 2.05) is 12.1 Å². The molecule has 0 spiro atoms. The molecule has 0 heterocycles. The van der Waals surface area contributed by atoms with E-state index >= 15 is 0 Å². The summed E-state index contributed by atoms with van der Waals surface area (Å²) >= 11 is 16.1. The first kappa shape index (κ1) is 10.0. The van der Waals surface area contributed by atoms with E-state index in [0.29, 0.717) is 0 Å². The van der Waals surface area contributed by atoms with Crippen molar-refractivity contribution in [1.29, 1.82) is 0 Å². The number of hydrogen-bond donors (Lipinski definition) is 0. The van der Waals surface area contributed by atoms with Crippen LogP contribution in [-0.4, -0.2) is 0 Å². The number of hydrogen-bond acceptors (Lipinski definition) is 0. The zero-order chi connectivity index (χ0) is 8.43. The van der Waals surface area contributed by atoms with Crippen molar-refractivity contribution < 1.29 is 0 Å². The Bertz CT molecular complexity index is 249. The molecule has 0 atom stereocenters. The van der Waals surface area contributed by atoms with Gasteiger partial charge in [-0.25, -0.2) is 0 Å². The minimum atomic E-state index is 0.764. The molecule has 0 aliphatic carbocycles. The van der Waals surface area contributed by atoms with E-state index in [9.17, 15) is 0 Å². The van der Waals surface area contributed by atoms with Crippen molar-refractivity contribution >= 4 is 59.4 Å². The van der Waals surface area contributed by atoms with Crippen LogP contribution in [0.3, 0.4) is 0 Å². The van der Waals surface area contributed by atoms with Crippen LogP contribution in [0.15, 0.2) is 21.1 Å². The third-order valence-electron chi connectivity index (χ3n) is 1.24. The van der Waals surface area contributed by atoms with E-state index < -0.39 is 0 Å². The quantitative estimate of drug-likeness (QED) is 0.631. The van der Waals surface area contributed by atoms with E-state index in [1.165, 1.54) is 0 Å². The lowest BCUT2D eigenvalue weighted by atomic mass is 10.2. The summed E-state index contributed by atoms with van der Waals surface area (Å²) in [5.41, 5.74) is 1.08. The van der Waals surface area contributed by atoms with Crippen LogP contribution in [0.2, 0.25) is 5.02 Å². The molecule has 0 amide bonds. The molecular formula is C7H4Br3Cl. The molecule has 0 N–H and O–H groups in total. The molecular weight excluding hydrogens is 359 g/mol. The highest BCUT2D eigenvalue weighted by molar-refractivity contribution is 9.11. The maximum absolute atomic E-state index is 5.94. The largest absolute Gasteiger partial charge is 0.0875 e. The summed E-state index contributed by atoms with van der Waals surface area (Å²) in [6.07, 6.45) is 0. The van der Waals surface area contributed by atoms with E-state index in [4.69, 9.17) is 11.6 Å². The molecule has 0 nitrogen and oxygen atoms in total. The highest BCUT2D eigenvalue weighted by atomic mass is 79.9. The summed E-state index contributed by atoms with van der Waals surface area (Å²) in [4.78, 5) is 0. The normalized spacial score (nSPS) is 10.2. The Morgan fingerprint density at radius 1 is 1.27 bits per heavy atom. The fourth-order valence-corrected chi connectivity index (χ4v) is 3.74. The van der Waals surface area contributed by atoms with Gasteiger partial charge in [-0.3, -0.25) is 0 Å². The van der Waals surface area contributed by atoms with Crippen LogP contribution in [-0.2, 0) is 5.33 Å². The Hall–Kier alpha value is 0.950. The lowest BCUT2D eigenvalue weighted by Gasteiger charge is -2.03. The van der Waals surface area contributed by atoms with Crippen molar-refractivity contribution in [3.8, 4) is 0 Å². The summed E-state index contributed by atoms with van der Waals surface area (Å²) in [6, 6.07) is 3.85. The fraction of sp³-hybridized carbons (Fsp3) is 0.143. The van der Waals surface area contributed by atoms with E-state index in [0.717, 1.165) is 24.9 Å². The zero-order valence-corrected chi connectivity index (χ0v) is 10.9. The predicted molar refractivity (Wildman–Crippen MR) is 59.5 cm³/mol. The first-order chi connectivity index (χ1) is 5.15. The molecule has 1 aromatic carbocycles. The Balaban J connectivity index is 3.25. The molecule has 1 aromatic rings. The van der Waals surface area contributed by atoms with Gasteiger partial charge in [-0.05, 0) is 17.7 Å². The number of alkyl halides is 1. The molecule has 0 aliphatic heterocycles. The van der Waals surface area contributed by atoms with Gasteiger partial charge in [0.1, 0.15) is 0 Å². The van der Waals surface area contributed by atoms with Crippen molar-refractivity contribution in [2.75, 3.05) is 0 Å². The maximum atomic E-state index is 5.94. The van der Waals surface area contributed by atoms with Gasteiger partial charge in [0.15, 0.2) is 0 Å². The van der Waals surface area contributed by atoms with Crippen LogP contribution in [0.4, 0.5) is 0 Å². The highest BCUT2D eigenvalue weighted by Crippen LogP contribution is 2.30. The second kappa shape index (κ2) is 4.26. The van der Waals surface area contributed by atoms with Crippen LogP contribution < -0.4 is 0 Å². The average molecular weight is 363 g/mol. The van der Waals surface area contributed by atoms with Gasteiger partial charge < -0.3 is 0 Å². The molecule has 4 heteroatoms. The molecule has 0 fully saturated rings. The van der Waals surface area contributed by atoms with E-state index in [1.54, 1.807) is 0 Å². The molecule has 0 saturated carbocycles. The lowest BCUT2D eigenvalue weighted by Crippen LogP contribution is -1.82. The van der Waals surface area contributed by atoms with Gasteiger partial charge in [-0.2, -0.15) is 0 Å². The first-order valence-corrected chi connectivity index (χ1v) is 5.93. The van der Waals surface area contributed by atoms with Gasteiger partial charge in [0.25, 0.3) is 0 Å². The van der Waals surface area contributed by atoms with E-state index in [-0.39, 0.29) is 0 Å². The summed E-state index contributed by atoms with van der Waals surface area (Å²) in [6.45, 7) is 0. The molecule has 0 bridgehead atoms. The number of rotatable bonds is 1. The van der Waals surface area contributed by atoms with Crippen molar-refractivity contribution in [1.82, 2.24) is 0 Å². The summed E-state index contributed by atoms with van der Waals surface area (Å²) in [5, 5.41) is 1.53. The Labute approximate surface area is 95.7 Å². The molecule has 1 rings (SSSR count). The second-order valence-corrected chi connectivity index (χ2v) is 4.72. The molecule has 0 radical (unpaired) electrons. The van der Waals surface area contributed by atoms with Crippen molar-refractivity contribution in [3.05, 3.63) is 31.7 Å². The van der Waals surface area contributed by atoms with Crippen LogP contribution in [0, 0.1) is 0 Å². The highest BCUT2D eigenvalue weighted by Gasteiger charge is 2.04. The van der Waals surface area contributed by atoms with Gasteiger partial charge in [0, 0.05) is 19.3 Å². The molecule has 0 aromatic heterocycles. The van der Waals surface area contributed by atoms with Gasteiger partial charge in [-0.1, -0.05) is 59.4 Å². The van der Waals surface area contributed by atoms with E-state index in [2.05, 4.69) is 47.8 Å². The van der Waals surface area contributed by atoms with Gasteiger partial charge in [0.2, 0.25) is 0 Å². The average Bonchev–Trinajstić information content (AvgIpc) is 1.85. The zero-order valence-electron chi connectivity index (χ0n) is 5.37. The Kier molecular flexibility index (Phi) is 3.89. The van der Waals surface area contributed by atoms with Gasteiger partial charge in [-0.15, -0.1) is 0 Å². The Morgan fingerprint density at radius 2 is 1.91 bits per heavy atom. The second-order valence-electron chi connectivity index (χ2n) is 1.98. The third kappa shape index (κ3) is 2.44. The SMILES string of the molecule is Clc1cc(Br)cc(Br)c1CBr. The minimum Gasteiger partial charge on any atom is -0.0875 e. The van der Waals surface area contributed by atoms with Crippen LogP contribution in [0.5, 0.6) is 0 Å². The smallest absolute Gasteiger partial charge is 0.0469 e. The maximum Gasteiger partial charge on any atom is 0.0469 e. The van der Waals surface area contributed by atoms with Gasteiger partial charge >= 0.3 is 0 Å². The molecule has 0 aliphatic rings. The summed E-state index contributed by atoms with van der Waals surface area (Å²) < 4.78 is 2.01. The predicted octanol–water partition coefficient (Wildman–Crippen LogP) is 4.76.